The third kappa shape index (κ3) is 1.60. The van der Waals surface area contributed by atoms with Gasteiger partial charge in [-0.1, -0.05) is 48.0 Å². The summed E-state index contributed by atoms with van der Waals surface area (Å²) >= 11 is 6.13. The van der Waals surface area contributed by atoms with E-state index in [1.54, 1.807) is 6.07 Å². The van der Waals surface area contributed by atoms with Gasteiger partial charge in [-0.2, -0.15) is 0 Å². The normalized spacial score (nSPS) is 11.5. The number of hydrogen-bond acceptors (Lipinski definition) is 0. The van der Waals surface area contributed by atoms with Crippen molar-refractivity contribution in [1.82, 2.24) is 0 Å². The fourth-order valence-electron chi connectivity index (χ4n) is 2.90. The van der Waals surface area contributed by atoms with Crippen molar-refractivity contribution in [1.29, 1.82) is 0 Å². The Labute approximate surface area is 120 Å². The Morgan fingerprint density at radius 2 is 1.15 bits per heavy atom. The minimum atomic E-state index is -0.218. The first-order valence-electron chi connectivity index (χ1n) is 6.43. The minimum absolute atomic E-state index is 0.218. The van der Waals surface area contributed by atoms with Crippen molar-refractivity contribution < 1.29 is 4.39 Å². The van der Waals surface area contributed by atoms with E-state index in [9.17, 15) is 4.39 Å². The average molecular weight is 281 g/mol. The van der Waals surface area contributed by atoms with Crippen molar-refractivity contribution in [3.63, 3.8) is 0 Å². The Bertz CT molecular complexity index is 935. The number of hydrogen-bond donors (Lipinski definition) is 0. The van der Waals surface area contributed by atoms with Crippen molar-refractivity contribution in [2.24, 2.45) is 0 Å². The molecule has 2 heteroatoms. The molecule has 0 aliphatic rings. The molecule has 0 heterocycles. The van der Waals surface area contributed by atoms with Gasteiger partial charge >= 0.3 is 0 Å². The lowest BCUT2D eigenvalue weighted by Crippen LogP contribution is -1.84. The number of benzene rings is 4. The molecule has 96 valence electrons. The molecular formula is C18H10ClF. The first kappa shape index (κ1) is 11.7. The van der Waals surface area contributed by atoms with Crippen molar-refractivity contribution in [3.8, 4) is 0 Å². The molecule has 0 radical (unpaired) electrons. The van der Waals surface area contributed by atoms with Gasteiger partial charge < -0.3 is 0 Å². The second-order valence-corrected chi connectivity index (χ2v) is 5.36. The van der Waals surface area contributed by atoms with Gasteiger partial charge in [-0.25, -0.2) is 4.39 Å². The maximum atomic E-state index is 13.6. The van der Waals surface area contributed by atoms with Crippen LogP contribution in [0.1, 0.15) is 0 Å². The van der Waals surface area contributed by atoms with Gasteiger partial charge in [0.1, 0.15) is 5.82 Å². The standard InChI is InChI=1S/C18H10ClF/c19-11-5-7-15-13-3-1-2-4-14(13)18-10-12(20)6-8-16(18)17(15)9-11/h1-10H. The van der Waals surface area contributed by atoms with Crippen LogP contribution in [0.15, 0.2) is 60.7 Å². The van der Waals surface area contributed by atoms with E-state index in [0.29, 0.717) is 5.02 Å². The van der Waals surface area contributed by atoms with Crippen molar-refractivity contribution in [2.75, 3.05) is 0 Å². The Balaban J connectivity index is 2.40. The topological polar surface area (TPSA) is 0 Å². The highest BCUT2D eigenvalue weighted by Gasteiger charge is 2.09. The Kier molecular flexibility index (Phi) is 2.45. The molecule has 0 amide bonds. The van der Waals surface area contributed by atoms with E-state index in [0.717, 1.165) is 32.3 Å². The van der Waals surface area contributed by atoms with Gasteiger partial charge in [-0.3, -0.25) is 0 Å². The van der Waals surface area contributed by atoms with Crippen LogP contribution in [0.4, 0.5) is 4.39 Å². The first-order chi connectivity index (χ1) is 9.74. The van der Waals surface area contributed by atoms with Crippen molar-refractivity contribution >= 4 is 43.9 Å². The highest BCUT2D eigenvalue weighted by atomic mass is 35.5. The highest BCUT2D eigenvalue weighted by Crippen LogP contribution is 2.36. The molecule has 0 N–H and O–H groups in total. The lowest BCUT2D eigenvalue weighted by Gasteiger charge is -2.10. The van der Waals surface area contributed by atoms with E-state index >= 15 is 0 Å². The maximum Gasteiger partial charge on any atom is 0.123 e. The Hall–Kier alpha value is -2.12. The molecule has 20 heavy (non-hydrogen) atoms. The van der Waals surface area contributed by atoms with Crippen molar-refractivity contribution in [2.45, 2.75) is 0 Å². The van der Waals surface area contributed by atoms with Crippen LogP contribution in [-0.4, -0.2) is 0 Å². The number of rotatable bonds is 0. The summed E-state index contributed by atoms with van der Waals surface area (Å²) in [6.45, 7) is 0. The average Bonchev–Trinajstić information content (AvgIpc) is 2.47. The molecular weight excluding hydrogens is 271 g/mol. The molecule has 0 aromatic heterocycles. The van der Waals surface area contributed by atoms with Gasteiger partial charge in [-0.15, -0.1) is 0 Å². The van der Waals surface area contributed by atoms with Gasteiger partial charge in [-0.05, 0) is 56.6 Å². The predicted octanol–water partition coefficient (Wildman–Crippen LogP) is 5.94. The second kappa shape index (κ2) is 4.19. The van der Waals surface area contributed by atoms with Gasteiger partial charge in [0.15, 0.2) is 0 Å². The molecule has 0 atom stereocenters. The van der Waals surface area contributed by atoms with Crippen LogP contribution in [0.25, 0.3) is 32.3 Å². The zero-order chi connectivity index (χ0) is 13.7. The molecule has 0 unspecified atom stereocenters. The number of fused-ring (bicyclic) bond motifs is 6. The summed E-state index contributed by atoms with van der Waals surface area (Å²) < 4.78 is 13.6. The summed E-state index contributed by atoms with van der Waals surface area (Å²) in [5, 5.41) is 7.04. The molecule has 4 aromatic rings. The van der Waals surface area contributed by atoms with E-state index in [-0.39, 0.29) is 5.82 Å². The van der Waals surface area contributed by atoms with E-state index < -0.39 is 0 Å². The summed E-state index contributed by atoms with van der Waals surface area (Å²) in [7, 11) is 0. The molecule has 0 aliphatic heterocycles. The fraction of sp³-hybridized carbons (Fsp3) is 0. The summed E-state index contributed by atoms with van der Waals surface area (Å²) in [5.41, 5.74) is 0. The Morgan fingerprint density at radius 1 is 0.600 bits per heavy atom. The minimum Gasteiger partial charge on any atom is -0.207 e. The zero-order valence-electron chi connectivity index (χ0n) is 10.5. The maximum absolute atomic E-state index is 13.6. The number of halogens is 2. The summed E-state index contributed by atoms with van der Waals surface area (Å²) in [5.74, 6) is -0.218. The van der Waals surface area contributed by atoms with Gasteiger partial charge in [0.05, 0.1) is 0 Å². The highest BCUT2D eigenvalue weighted by molar-refractivity contribution is 6.33. The summed E-state index contributed by atoms with van der Waals surface area (Å²) in [6, 6.07) is 18.9. The van der Waals surface area contributed by atoms with Crippen LogP contribution < -0.4 is 0 Å². The first-order valence-corrected chi connectivity index (χ1v) is 6.81. The summed E-state index contributed by atoms with van der Waals surface area (Å²) in [6.07, 6.45) is 0. The molecule has 0 saturated carbocycles. The molecule has 0 bridgehead atoms. The van der Waals surface area contributed by atoms with Crippen LogP contribution in [0.3, 0.4) is 0 Å². The van der Waals surface area contributed by atoms with Gasteiger partial charge in [0.2, 0.25) is 0 Å². The lowest BCUT2D eigenvalue weighted by molar-refractivity contribution is 0.630. The molecule has 0 saturated heterocycles. The molecule has 4 aromatic carbocycles. The smallest absolute Gasteiger partial charge is 0.123 e. The van der Waals surface area contributed by atoms with Crippen LogP contribution in [-0.2, 0) is 0 Å². The lowest BCUT2D eigenvalue weighted by atomic mass is 9.94. The van der Waals surface area contributed by atoms with Gasteiger partial charge in [0.25, 0.3) is 0 Å². The zero-order valence-corrected chi connectivity index (χ0v) is 11.3. The van der Waals surface area contributed by atoms with Crippen molar-refractivity contribution in [3.05, 3.63) is 71.5 Å². The molecule has 4 rings (SSSR count). The molecule has 0 aliphatic carbocycles. The van der Waals surface area contributed by atoms with Crippen LogP contribution >= 0.6 is 11.6 Å². The molecule has 0 nitrogen and oxygen atoms in total. The monoisotopic (exact) mass is 280 g/mol. The van der Waals surface area contributed by atoms with Gasteiger partial charge in [0, 0.05) is 5.02 Å². The quantitative estimate of drug-likeness (QED) is 0.350. The Morgan fingerprint density at radius 3 is 1.95 bits per heavy atom. The van der Waals surface area contributed by atoms with Crippen LogP contribution in [0.2, 0.25) is 5.02 Å². The summed E-state index contributed by atoms with van der Waals surface area (Å²) in [4.78, 5) is 0. The fourth-order valence-corrected chi connectivity index (χ4v) is 3.07. The molecule has 0 spiro atoms. The van der Waals surface area contributed by atoms with E-state index in [4.69, 9.17) is 11.6 Å². The van der Waals surface area contributed by atoms with Crippen LogP contribution in [0.5, 0.6) is 0 Å². The SMILES string of the molecule is Fc1ccc2c(c1)c1ccccc1c1ccc(Cl)cc12. The van der Waals surface area contributed by atoms with E-state index in [2.05, 4.69) is 6.07 Å². The van der Waals surface area contributed by atoms with E-state index in [1.165, 1.54) is 6.07 Å². The predicted molar refractivity (Wildman–Crippen MR) is 83.9 cm³/mol. The third-order valence-corrected chi connectivity index (χ3v) is 4.00. The third-order valence-electron chi connectivity index (χ3n) is 3.76. The van der Waals surface area contributed by atoms with E-state index in [1.807, 2.05) is 42.5 Å². The largest absolute Gasteiger partial charge is 0.207 e. The molecule has 0 fully saturated rings. The second-order valence-electron chi connectivity index (χ2n) is 4.93. The van der Waals surface area contributed by atoms with Crippen LogP contribution in [0, 0.1) is 5.82 Å².